The predicted octanol–water partition coefficient (Wildman–Crippen LogP) is 1.62. The molecule has 5 nitrogen and oxygen atoms in total. The van der Waals surface area contributed by atoms with Gasteiger partial charge in [-0.25, -0.2) is 0 Å². The summed E-state index contributed by atoms with van der Waals surface area (Å²) in [5.41, 5.74) is 3.66. The third kappa shape index (κ3) is 2.45. The number of carbonyl (C=O) groups is 1. The molecule has 1 heterocycles. The molecule has 0 radical (unpaired) electrons. The van der Waals surface area contributed by atoms with Crippen LogP contribution >= 0.6 is 0 Å². The Balaban J connectivity index is 2.61. The first kappa shape index (κ1) is 13.1. The highest BCUT2D eigenvalue weighted by molar-refractivity contribution is 5.75. The van der Waals surface area contributed by atoms with Gasteiger partial charge in [0, 0.05) is 12.6 Å². The van der Waals surface area contributed by atoms with Gasteiger partial charge >= 0.3 is 5.97 Å². The van der Waals surface area contributed by atoms with E-state index in [1.54, 1.807) is 7.05 Å². The van der Waals surface area contributed by atoms with Gasteiger partial charge in [0.15, 0.2) is 0 Å². The van der Waals surface area contributed by atoms with Crippen LogP contribution in [-0.4, -0.2) is 20.9 Å². The summed E-state index contributed by atoms with van der Waals surface area (Å²) in [5, 5.41) is 11.8. The van der Waals surface area contributed by atoms with Crippen molar-refractivity contribution in [3.05, 3.63) is 45.2 Å². The molecule has 5 heteroatoms. The number of aryl methyl sites for hydroxylation is 3. The van der Waals surface area contributed by atoms with Crippen molar-refractivity contribution < 1.29 is 9.90 Å². The molecule has 2 aromatic rings. The van der Waals surface area contributed by atoms with Crippen molar-refractivity contribution >= 4 is 5.97 Å². The molecule has 0 spiro atoms. The highest BCUT2D eigenvalue weighted by Crippen LogP contribution is 2.22. The van der Waals surface area contributed by atoms with E-state index in [2.05, 4.69) is 5.10 Å². The first-order valence-electron chi connectivity index (χ1n) is 5.97. The van der Waals surface area contributed by atoms with Crippen LogP contribution in [-0.2, 0) is 18.3 Å². The number of hydrogen-bond donors (Lipinski definition) is 2. The van der Waals surface area contributed by atoms with Crippen molar-refractivity contribution in [2.75, 3.05) is 0 Å². The van der Waals surface area contributed by atoms with Crippen molar-refractivity contribution in [2.45, 2.75) is 20.3 Å². The number of aromatic nitrogens is 2. The Morgan fingerprint density at radius 1 is 1.32 bits per heavy atom. The van der Waals surface area contributed by atoms with Crippen molar-refractivity contribution in [2.24, 2.45) is 7.05 Å². The number of carboxylic acids is 1. The Morgan fingerprint density at radius 2 is 2.00 bits per heavy atom. The lowest BCUT2D eigenvalue weighted by molar-refractivity contribution is -0.136. The number of aromatic amines is 1. The summed E-state index contributed by atoms with van der Waals surface area (Å²) in [7, 11) is 1.58. The lowest BCUT2D eigenvalue weighted by Gasteiger charge is -2.05. The highest BCUT2D eigenvalue weighted by Gasteiger charge is 2.17. The molecule has 1 aromatic carbocycles. The van der Waals surface area contributed by atoms with Crippen LogP contribution in [0, 0.1) is 13.8 Å². The monoisotopic (exact) mass is 260 g/mol. The second kappa shape index (κ2) is 4.76. The van der Waals surface area contributed by atoms with Gasteiger partial charge in [-0.2, -0.15) is 0 Å². The summed E-state index contributed by atoms with van der Waals surface area (Å²) in [6, 6.07) is 5.80. The van der Waals surface area contributed by atoms with Crippen LogP contribution < -0.4 is 5.56 Å². The quantitative estimate of drug-likeness (QED) is 0.880. The standard InChI is InChI=1S/C14H16N2O3/c1-8-4-5-10(6-9(8)2)13-11(7-12(17)18)14(19)16(3)15-13/h4-6,15H,7H2,1-3H3,(H,17,18). The van der Waals surface area contributed by atoms with Gasteiger partial charge in [0.1, 0.15) is 0 Å². The van der Waals surface area contributed by atoms with Gasteiger partial charge in [-0.1, -0.05) is 12.1 Å². The summed E-state index contributed by atoms with van der Waals surface area (Å²) < 4.78 is 1.31. The first-order valence-corrected chi connectivity index (χ1v) is 5.97. The molecule has 0 amide bonds. The number of rotatable bonds is 3. The third-order valence-electron chi connectivity index (χ3n) is 3.27. The van der Waals surface area contributed by atoms with E-state index < -0.39 is 5.97 Å². The van der Waals surface area contributed by atoms with Crippen LogP contribution in [0.5, 0.6) is 0 Å². The first-order chi connectivity index (χ1) is 8.90. The van der Waals surface area contributed by atoms with Crippen LogP contribution in [0.2, 0.25) is 0 Å². The zero-order chi connectivity index (χ0) is 14.2. The normalized spacial score (nSPS) is 10.7. The Kier molecular flexibility index (Phi) is 3.29. The smallest absolute Gasteiger partial charge is 0.308 e. The molecular weight excluding hydrogens is 244 g/mol. The molecule has 0 unspecified atom stereocenters. The Bertz CT molecular complexity index is 695. The Morgan fingerprint density at radius 3 is 2.58 bits per heavy atom. The topological polar surface area (TPSA) is 75.1 Å². The Hall–Kier alpha value is -2.30. The summed E-state index contributed by atoms with van der Waals surface area (Å²) in [5.74, 6) is -1.01. The Labute approximate surface area is 110 Å². The molecule has 0 bridgehead atoms. The maximum Gasteiger partial charge on any atom is 0.308 e. The second-order valence-electron chi connectivity index (χ2n) is 4.70. The molecule has 1 aromatic heterocycles. The summed E-state index contributed by atoms with van der Waals surface area (Å²) in [6.07, 6.45) is -0.279. The molecule has 0 aliphatic rings. The minimum Gasteiger partial charge on any atom is -0.481 e. The zero-order valence-corrected chi connectivity index (χ0v) is 11.2. The maximum absolute atomic E-state index is 11.9. The van der Waals surface area contributed by atoms with Gasteiger partial charge in [0.2, 0.25) is 0 Å². The lowest BCUT2D eigenvalue weighted by Crippen LogP contribution is -2.17. The average molecular weight is 260 g/mol. The number of hydrogen-bond acceptors (Lipinski definition) is 2. The van der Waals surface area contributed by atoms with E-state index in [0.717, 1.165) is 16.7 Å². The maximum atomic E-state index is 11.9. The molecule has 0 aliphatic carbocycles. The van der Waals surface area contributed by atoms with Gasteiger partial charge in [0.05, 0.1) is 17.7 Å². The van der Waals surface area contributed by atoms with E-state index in [9.17, 15) is 9.59 Å². The van der Waals surface area contributed by atoms with Crippen molar-refractivity contribution in [3.8, 4) is 11.3 Å². The van der Waals surface area contributed by atoms with Gasteiger partial charge in [-0.15, -0.1) is 0 Å². The summed E-state index contributed by atoms with van der Waals surface area (Å²) in [4.78, 5) is 22.8. The second-order valence-corrected chi connectivity index (χ2v) is 4.70. The largest absolute Gasteiger partial charge is 0.481 e. The van der Waals surface area contributed by atoms with Gasteiger partial charge < -0.3 is 5.11 Å². The van der Waals surface area contributed by atoms with Crippen molar-refractivity contribution in [1.29, 1.82) is 0 Å². The van der Waals surface area contributed by atoms with Crippen LogP contribution in [0.4, 0.5) is 0 Å². The molecule has 0 saturated carbocycles. The van der Waals surface area contributed by atoms with Crippen LogP contribution in [0.15, 0.2) is 23.0 Å². The molecule has 2 rings (SSSR count). The fraction of sp³-hybridized carbons (Fsp3) is 0.286. The number of carboxylic acid groups (broad SMARTS) is 1. The minimum atomic E-state index is -1.01. The van der Waals surface area contributed by atoms with E-state index in [0.29, 0.717) is 11.3 Å². The van der Waals surface area contributed by atoms with Gasteiger partial charge in [-0.05, 0) is 31.0 Å². The van der Waals surface area contributed by atoms with E-state index in [1.165, 1.54) is 4.68 Å². The number of aliphatic carboxylic acids is 1. The van der Waals surface area contributed by atoms with Crippen molar-refractivity contribution in [3.63, 3.8) is 0 Å². The number of benzene rings is 1. The molecule has 0 saturated heterocycles. The molecular formula is C14H16N2O3. The van der Waals surface area contributed by atoms with Crippen LogP contribution in [0.1, 0.15) is 16.7 Å². The van der Waals surface area contributed by atoms with E-state index in [1.807, 2.05) is 32.0 Å². The number of nitrogens with one attached hydrogen (secondary N) is 1. The third-order valence-corrected chi connectivity index (χ3v) is 3.27. The SMILES string of the molecule is Cc1ccc(-c2[nH]n(C)c(=O)c2CC(=O)O)cc1C. The molecule has 0 atom stereocenters. The fourth-order valence-electron chi connectivity index (χ4n) is 2.05. The van der Waals surface area contributed by atoms with E-state index in [4.69, 9.17) is 5.11 Å². The molecule has 0 fully saturated rings. The highest BCUT2D eigenvalue weighted by atomic mass is 16.4. The molecule has 19 heavy (non-hydrogen) atoms. The minimum absolute atomic E-state index is 0.279. The predicted molar refractivity (Wildman–Crippen MR) is 72.3 cm³/mol. The number of nitrogens with zero attached hydrogens (tertiary/aromatic N) is 1. The molecule has 0 aliphatic heterocycles. The van der Waals surface area contributed by atoms with Crippen molar-refractivity contribution in [1.82, 2.24) is 9.78 Å². The van der Waals surface area contributed by atoms with Gasteiger partial charge in [0.25, 0.3) is 5.56 Å². The van der Waals surface area contributed by atoms with E-state index >= 15 is 0 Å². The number of H-pyrrole nitrogens is 1. The van der Waals surface area contributed by atoms with Crippen LogP contribution in [0.25, 0.3) is 11.3 Å². The lowest BCUT2D eigenvalue weighted by atomic mass is 10.0. The summed E-state index contributed by atoms with van der Waals surface area (Å²) in [6.45, 7) is 3.99. The molecule has 100 valence electrons. The molecule has 2 N–H and O–H groups in total. The van der Waals surface area contributed by atoms with Gasteiger partial charge in [-0.3, -0.25) is 19.4 Å². The van der Waals surface area contributed by atoms with Crippen LogP contribution in [0.3, 0.4) is 0 Å². The fourth-order valence-corrected chi connectivity index (χ4v) is 2.05. The van der Waals surface area contributed by atoms with E-state index in [-0.39, 0.29) is 12.0 Å². The zero-order valence-electron chi connectivity index (χ0n) is 11.2. The average Bonchev–Trinajstić information content (AvgIpc) is 2.60. The summed E-state index contributed by atoms with van der Waals surface area (Å²) >= 11 is 0.